The van der Waals surface area contributed by atoms with E-state index in [0.717, 1.165) is 15.8 Å². The van der Waals surface area contributed by atoms with Gasteiger partial charge in [0.1, 0.15) is 0 Å². The Kier molecular flexibility index (Phi) is 4.74. The van der Waals surface area contributed by atoms with Gasteiger partial charge in [-0.2, -0.15) is 19.9 Å². The summed E-state index contributed by atoms with van der Waals surface area (Å²) in [6.07, 6.45) is 0. The predicted molar refractivity (Wildman–Crippen MR) is 113 cm³/mol. The van der Waals surface area contributed by atoms with Gasteiger partial charge in [0, 0.05) is 19.8 Å². The van der Waals surface area contributed by atoms with Crippen molar-refractivity contribution in [1.29, 1.82) is 0 Å². The molecule has 154 valence electrons. The maximum absolute atomic E-state index is 12.7. The number of aromatic nitrogens is 7. The minimum absolute atomic E-state index is 0.0110. The molecule has 3 heterocycles. The van der Waals surface area contributed by atoms with Crippen molar-refractivity contribution in [2.75, 3.05) is 11.1 Å². The van der Waals surface area contributed by atoms with Gasteiger partial charge in [0.25, 0.3) is 5.56 Å². The van der Waals surface area contributed by atoms with Crippen LogP contribution < -0.4 is 22.3 Å². The second-order valence-electron chi connectivity index (χ2n) is 6.72. The molecule has 0 saturated heterocycles. The van der Waals surface area contributed by atoms with E-state index in [0.29, 0.717) is 0 Å². The SMILES string of the molecule is Cc1ccccc1Nc1nc(N)nc(Cn2c(Cl)nc3c2c(=O)n(C)c(=O)n3C)n1. The number of nitrogens with zero attached hydrogens (tertiary/aromatic N) is 7. The Morgan fingerprint density at radius 3 is 2.53 bits per heavy atom. The molecule has 0 radical (unpaired) electrons. The number of hydrogen-bond acceptors (Lipinski definition) is 8. The highest BCUT2D eigenvalue weighted by molar-refractivity contribution is 6.29. The molecule has 0 amide bonds. The van der Waals surface area contributed by atoms with Crippen LogP contribution in [0.1, 0.15) is 11.4 Å². The van der Waals surface area contributed by atoms with E-state index in [2.05, 4.69) is 25.3 Å². The van der Waals surface area contributed by atoms with Crippen molar-refractivity contribution in [3.63, 3.8) is 0 Å². The van der Waals surface area contributed by atoms with Crippen molar-refractivity contribution in [1.82, 2.24) is 33.6 Å². The van der Waals surface area contributed by atoms with Gasteiger partial charge in [-0.1, -0.05) is 18.2 Å². The van der Waals surface area contributed by atoms with Gasteiger partial charge < -0.3 is 15.6 Å². The summed E-state index contributed by atoms with van der Waals surface area (Å²) in [4.78, 5) is 41.6. The van der Waals surface area contributed by atoms with E-state index < -0.39 is 11.2 Å². The number of benzene rings is 1. The third-order valence-corrected chi connectivity index (χ3v) is 4.98. The number of nitrogens with one attached hydrogen (secondary N) is 1. The highest BCUT2D eigenvalue weighted by Gasteiger charge is 2.19. The van der Waals surface area contributed by atoms with Gasteiger partial charge in [0.05, 0.1) is 6.54 Å². The zero-order chi connectivity index (χ0) is 21.6. The van der Waals surface area contributed by atoms with Gasteiger partial charge in [-0.05, 0) is 30.2 Å². The quantitative estimate of drug-likeness (QED) is 0.459. The first-order valence-corrected chi connectivity index (χ1v) is 9.29. The molecule has 0 bridgehead atoms. The van der Waals surface area contributed by atoms with Crippen molar-refractivity contribution >= 4 is 40.3 Å². The maximum Gasteiger partial charge on any atom is 0.332 e. The van der Waals surface area contributed by atoms with Crippen LogP contribution >= 0.6 is 11.6 Å². The molecule has 1 aromatic carbocycles. The van der Waals surface area contributed by atoms with Gasteiger partial charge in [-0.15, -0.1) is 0 Å². The standard InChI is InChI=1S/C18H18ClN9O2/c1-9-6-4-5-7-10(9)21-17-23-11(22-16(20)25-17)8-28-12-13(24-15(28)19)26(2)18(30)27(3)14(12)29/h4-7H,8H2,1-3H3,(H3,20,21,22,23,25). The lowest BCUT2D eigenvalue weighted by molar-refractivity contribution is 0.698. The third kappa shape index (κ3) is 3.28. The number of nitrogen functional groups attached to an aromatic ring is 1. The number of rotatable bonds is 4. The predicted octanol–water partition coefficient (Wildman–Crippen LogP) is 0.955. The lowest BCUT2D eigenvalue weighted by Crippen LogP contribution is -2.37. The average Bonchev–Trinajstić information content (AvgIpc) is 3.02. The summed E-state index contributed by atoms with van der Waals surface area (Å²) in [5.74, 6) is 0.542. The molecule has 30 heavy (non-hydrogen) atoms. The summed E-state index contributed by atoms with van der Waals surface area (Å²) in [6, 6.07) is 7.65. The van der Waals surface area contributed by atoms with Gasteiger partial charge in [0.2, 0.25) is 17.2 Å². The molecule has 11 nitrogen and oxygen atoms in total. The van der Waals surface area contributed by atoms with Crippen LogP contribution in [0.3, 0.4) is 0 Å². The van der Waals surface area contributed by atoms with E-state index >= 15 is 0 Å². The molecule has 0 aliphatic carbocycles. The molecule has 0 fully saturated rings. The van der Waals surface area contributed by atoms with Gasteiger partial charge in [0.15, 0.2) is 17.0 Å². The normalized spacial score (nSPS) is 11.2. The van der Waals surface area contributed by atoms with Crippen molar-refractivity contribution in [3.05, 3.63) is 61.8 Å². The Bertz CT molecular complexity index is 1400. The number of halogens is 1. The molecule has 0 atom stereocenters. The molecule has 3 aromatic heterocycles. The van der Waals surface area contributed by atoms with E-state index in [1.54, 1.807) is 0 Å². The molecular weight excluding hydrogens is 410 g/mol. The number of para-hydroxylation sites is 1. The molecule has 12 heteroatoms. The highest BCUT2D eigenvalue weighted by Crippen LogP contribution is 2.20. The number of anilines is 3. The first-order chi connectivity index (χ1) is 14.3. The Balaban J connectivity index is 1.79. The zero-order valence-corrected chi connectivity index (χ0v) is 17.2. The lowest BCUT2D eigenvalue weighted by atomic mass is 10.2. The molecule has 0 saturated carbocycles. The first-order valence-electron chi connectivity index (χ1n) is 8.91. The average molecular weight is 428 g/mol. The Labute approximate surface area is 174 Å². The summed E-state index contributed by atoms with van der Waals surface area (Å²) in [5, 5.41) is 3.13. The van der Waals surface area contributed by atoms with Crippen LogP contribution in [0, 0.1) is 6.92 Å². The van der Waals surface area contributed by atoms with Crippen molar-refractivity contribution < 1.29 is 0 Å². The van der Waals surface area contributed by atoms with Crippen molar-refractivity contribution in [2.45, 2.75) is 13.5 Å². The van der Waals surface area contributed by atoms with Crippen LogP contribution in [-0.4, -0.2) is 33.6 Å². The number of nitrogens with two attached hydrogens (primary N) is 1. The smallest absolute Gasteiger partial charge is 0.332 e. The Hall–Kier alpha value is -3.73. The highest BCUT2D eigenvalue weighted by atomic mass is 35.5. The van der Waals surface area contributed by atoms with Crippen molar-refractivity contribution in [2.24, 2.45) is 14.1 Å². The van der Waals surface area contributed by atoms with Gasteiger partial charge in [-0.3, -0.25) is 13.9 Å². The molecular formula is C18H18ClN9O2. The van der Waals surface area contributed by atoms with Gasteiger partial charge >= 0.3 is 5.69 Å². The maximum atomic E-state index is 12.7. The monoisotopic (exact) mass is 427 g/mol. The molecule has 4 aromatic rings. The van der Waals surface area contributed by atoms with E-state index in [-0.39, 0.29) is 40.7 Å². The summed E-state index contributed by atoms with van der Waals surface area (Å²) in [6.45, 7) is 1.96. The van der Waals surface area contributed by atoms with E-state index in [9.17, 15) is 9.59 Å². The minimum atomic E-state index is -0.521. The fourth-order valence-corrected chi connectivity index (χ4v) is 3.33. The molecule has 0 aliphatic heterocycles. The summed E-state index contributed by atoms with van der Waals surface area (Å²) >= 11 is 6.27. The number of fused-ring (bicyclic) bond motifs is 1. The van der Waals surface area contributed by atoms with Gasteiger partial charge in [-0.25, -0.2) is 4.79 Å². The molecule has 0 aliphatic rings. The van der Waals surface area contributed by atoms with E-state index in [1.807, 2.05) is 31.2 Å². The van der Waals surface area contributed by atoms with E-state index in [1.165, 1.54) is 23.2 Å². The fourth-order valence-electron chi connectivity index (χ4n) is 3.10. The topological polar surface area (TPSA) is 139 Å². The fraction of sp³-hybridized carbons (Fsp3) is 0.222. The Morgan fingerprint density at radius 2 is 1.80 bits per heavy atom. The van der Waals surface area contributed by atoms with Crippen LogP contribution in [0.25, 0.3) is 11.2 Å². The van der Waals surface area contributed by atoms with Crippen LogP contribution in [0.2, 0.25) is 5.28 Å². The van der Waals surface area contributed by atoms with Crippen molar-refractivity contribution in [3.8, 4) is 0 Å². The van der Waals surface area contributed by atoms with Crippen LogP contribution in [0.15, 0.2) is 33.9 Å². The second-order valence-corrected chi connectivity index (χ2v) is 7.06. The third-order valence-electron chi connectivity index (χ3n) is 4.69. The number of imidazole rings is 1. The largest absolute Gasteiger partial charge is 0.368 e. The summed E-state index contributed by atoms with van der Waals surface area (Å²) < 4.78 is 3.68. The number of aryl methyl sites for hydroxylation is 2. The summed E-state index contributed by atoms with van der Waals surface area (Å²) in [5.41, 5.74) is 7.01. The summed E-state index contributed by atoms with van der Waals surface area (Å²) in [7, 11) is 2.91. The molecule has 4 rings (SSSR count). The molecule has 3 N–H and O–H groups in total. The first kappa shape index (κ1) is 19.6. The van der Waals surface area contributed by atoms with Crippen LogP contribution in [0.4, 0.5) is 17.6 Å². The molecule has 0 spiro atoms. The van der Waals surface area contributed by atoms with E-state index in [4.69, 9.17) is 17.3 Å². The Morgan fingerprint density at radius 1 is 1.07 bits per heavy atom. The van der Waals surface area contributed by atoms with Crippen LogP contribution in [0.5, 0.6) is 0 Å². The molecule has 0 unspecified atom stereocenters. The van der Waals surface area contributed by atoms with Crippen LogP contribution in [-0.2, 0) is 20.6 Å². The zero-order valence-electron chi connectivity index (χ0n) is 16.4. The lowest BCUT2D eigenvalue weighted by Gasteiger charge is -2.10. The minimum Gasteiger partial charge on any atom is -0.368 e. The second kappa shape index (κ2) is 7.26. The number of hydrogen-bond donors (Lipinski definition) is 2.